The van der Waals surface area contributed by atoms with Crippen LogP contribution in [0.25, 0.3) is 0 Å². The largest absolute Gasteiger partial charge is 0.462 e. The first-order chi connectivity index (χ1) is 21.7. The third-order valence-corrected chi connectivity index (χ3v) is 9.58. The number of ether oxygens (including phenoxy) is 3. The van der Waals surface area contributed by atoms with E-state index in [0.29, 0.717) is 25.9 Å². The van der Waals surface area contributed by atoms with E-state index in [9.17, 15) is 24.6 Å². The molecule has 1 aliphatic rings. The molecule has 2 N–H and O–H groups in total. The molecule has 45 heavy (non-hydrogen) atoms. The lowest BCUT2D eigenvalue weighted by Crippen LogP contribution is -2.34. The van der Waals surface area contributed by atoms with Crippen molar-refractivity contribution in [3.05, 3.63) is 47.5 Å². The molecule has 1 saturated carbocycles. The van der Waals surface area contributed by atoms with E-state index in [0.717, 1.165) is 61.2 Å². The number of esters is 2. The molecule has 0 bridgehead atoms. The predicted octanol–water partition coefficient (Wildman–Crippen LogP) is 6.24. The summed E-state index contributed by atoms with van der Waals surface area (Å²) >= 11 is 1.67. The average molecular weight is 649 g/mol. The van der Waals surface area contributed by atoms with Crippen LogP contribution in [0.5, 0.6) is 0 Å². The molecule has 0 heterocycles. The smallest absolute Gasteiger partial charge is 0.312 e. The summed E-state index contributed by atoms with van der Waals surface area (Å²) in [6, 6.07) is 7.88. The Kier molecular flexibility index (Phi) is 18.7. The zero-order chi connectivity index (χ0) is 33.1. The maximum absolute atomic E-state index is 12.8. The van der Waals surface area contributed by atoms with Gasteiger partial charge in [0, 0.05) is 38.2 Å². The first-order valence-corrected chi connectivity index (χ1v) is 17.9. The van der Waals surface area contributed by atoms with Crippen molar-refractivity contribution in [3.63, 3.8) is 0 Å². The van der Waals surface area contributed by atoms with E-state index in [1.165, 1.54) is 0 Å². The lowest BCUT2D eigenvalue weighted by atomic mass is 9.75. The normalized spacial score (nSPS) is 19.2. The Balaban J connectivity index is 1.67. The van der Waals surface area contributed by atoms with Crippen LogP contribution in [0.1, 0.15) is 96.1 Å². The number of ketones is 1. The molecule has 9 heteroatoms. The van der Waals surface area contributed by atoms with E-state index in [4.69, 9.17) is 14.2 Å². The minimum absolute atomic E-state index is 0.0557. The maximum atomic E-state index is 12.8. The van der Waals surface area contributed by atoms with Gasteiger partial charge in [-0.05, 0) is 54.7 Å². The van der Waals surface area contributed by atoms with E-state index >= 15 is 0 Å². The molecule has 0 aromatic heterocycles. The molecule has 4 unspecified atom stereocenters. The number of aliphatic hydroxyl groups excluding tert-OH is 2. The van der Waals surface area contributed by atoms with Gasteiger partial charge < -0.3 is 24.4 Å². The zero-order valence-electron chi connectivity index (χ0n) is 27.8. The maximum Gasteiger partial charge on any atom is 0.312 e. The number of hydrogen-bond donors (Lipinski definition) is 2. The molecule has 4 atom stereocenters. The summed E-state index contributed by atoms with van der Waals surface area (Å²) in [5, 5.41) is 21.1. The number of Topliss-reactive ketones (excluding diaryl/α,β-unsaturated/α-hetero) is 1. The van der Waals surface area contributed by atoms with Crippen molar-refractivity contribution in [2.75, 3.05) is 31.8 Å². The molecule has 0 aliphatic heterocycles. The molecule has 0 amide bonds. The summed E-state index contributed by atoms with van der Waals surface area (Å²) in [6.07, 6.45) is 9.40. The number of carbonyl (C=O) groups is 3. The Labute approximate surface area is 274 Å². The number of benzene rings is 1. The van der Waals surface area contributed by atoms with Crippen LogP contribution in [0, 0.1) is 17.3 Å². The fourth-order valence-corrected chi connectivity index (χ4v) is 7.41. The summed E-state index contributed by atoms with van der Waals surface area (Å²) in [5.74, 6) is 0.473. The highest BCUT2D eigenvalue weighted by Crippen LogP contribution is 2.37. The van der Waals surface area contributed by atoms with Gasteiger partial charge in [0.15, 0.2) is 0 Å². The van der Waals surface area contributed by atoms with Crippen LogP contribution >= 0.6 is 11.8 Å². The summed E-state index contributed by atoms with van der Waals surface area (Å²) in [4.78, 5) is 37.6. The first kappa shape index (κ1) is 39.0. The van der Waals surface area contributed by atoms with Crippen molar-refractivity contribution in [2.24, 2.45) is 17.3 Å². The molecular weight excluding hydrogens is 592 g/mol. The molecule has 1 aliphatic carbocycles. The number of rotatable bonds is 23. The Bertz CT molecular complexity index is 1040. The molecule has 2 rings (SSSR count). The standard InChI is InChI=1S/C36H56O8S/c1-5-16-36(17-6-2,18-7-3)35(41)44-20-19-43-34(40)12-9-21-45-22-15-31-30(32(38)25-33(31)39)14-13-29(37)24-27-10-8-11-28(23-27)26-42-4/h8,10-11,13-14,23,29-32,37-38H,5-7,9,12,15-22,24-26H2,1-4H3. The number of carbonyl (C=O) groups excluding carboxylic acids is 3. The first-order valence-electron chi connectivity index (χ1n) is 16.7. The summed E-state index contributed by atoms with van der Waals surface area (Å²) in [6.45, 7) is 6.90. The molecule has 0 radical (unpaired) electrons. The van der Waals surface area contributed by atoms with Gasteiger partial charge in [-0.1, -0.05) is 76.5 Å². The van der Waals surface area contributed by atoms with E-state index in [2.05, 4.69) is 20.8 Å². The Morgan fingerprint density at radius 1 is 1.04 bits per heavy atom. The summed E-state index contributed by atoms with van der Waals surface area (Å²) < 4.78 is 16.0. The van der Waals surface area contributed by atoms with Crippen LogP contribution in [0.2, 0.25) is 0 Å². The monoisotopic (exact) mass is 648 g/mol. The number of methoxy groups -OCH3 is 1. The molecule has 8 nitrogen and oxygen atoms in total. The fraction of sp³-hybridized carbons (Fsp3) is 0.694. The lowest BCUT2D eigenvalue weighted by Gasteiger charge is -2.30. The van der Waals surface area contributed by atoms with Crippen LogP contribution in [-0.2, 0) is 41.6 Å². The molecule has 1 aromatic rings. The van der Waals surface area contributed by atoms with E-state index in [-0.39, 0.29) is 55.6 Å². The molecule has 254 valence electrons. The zero-order valence-corrected chi connectivity index (χ0v) is 28.7. The highest BCUT2D eigenvalue weighted by atomic mass is 32.2. The van der Waals surface area contributed by atoms with E-state index in [1.807, 2.05) is 24.3 Å². The van der Waals surface area contributed by atoms with E-state index < -0.39 is 17.6 Å². The van der Waals surface area contributed by atoms with Crippen LogP contribution in [-0.4, -0.2) is 72.0 Å². The minimum atomic E-state index is -0.739. The Morgan fingerprint density at radius 3 is 2.38 bits per heavy atom. The highest BCUT2D eigenvalue weighted by molar-refractivity contribution is 7.99. The van der Waals surface area contributed by atoms with Gasteiger partial charge in [-0.2, -0.15) is 11.8 Å². The molecule has 0 saturated heterocycles. The van der Waals surface area contributed by atoms with Gasteiger partial charge in [0.05, 0.1) is 24.2 Å². The minimum Gasteiger partial charge on any atom is -0.462 e. The molecule has 1 fully saturated rings. The van der Waals surface area contributed by atoms with Gasteiger partial charge in [-0.3, -0.25) is 14.4 Å². The third kappa shape index (κ3) is 13.6. The second-order valence-electron chi connectivity index (χ2n) is 12.2. The van der Waals surface area contributed by atoms with Crippen molar-refractivity contribution >= 4 is 29.5 Å². The van der Waals surface area contributed by atoms with Crippen LogP contribution in [0.15, 0.2) is 36.4 Å². The van der Waals surface area contributed by atoms with Gasteiger partial charge in [-0.25, -0.2) is 0 Å². The average Bonchev–Trinajstić information content (AvgIpc) is 3.27. The van der Waals surface area contributed by atoms with Crippen molar-refractivity contribution in [2.45, 2.75) is 110 Å². The van der Waals surface area contributed by atoms with Crippen molar-refractivity contribution in [3.8, 4) is 0 Å². The molecule has 1 aromatic carbocycles. The van der Waals surface area contributed by atoms with Crippen LogP contribution in [0.4, 0.5) is 0 Å². The van der Waals surface area contributed by atoms with Crippen LogP contribution < -0.4 is 0 Å². The quantitative estimate of drug-likeness (QED) is 0.0808. The van der Waals surface area contributed by atoms with Gasteiger partial charge >= 0.3 is 11.9 Å². The Morgan fingerprint density at radius 2 is 1.71 bits per heavy atom. The van der Waals surface area contributed by atoms with Crippen LogP contribution in [0.3, 0.4) is 0 Å². The van der Waals surface area contributed by atoms with Gasteiger partial charge in [-0.15, -0.1) is 0 Å². The van der Waals surface area contributed by atoms with Gasteiger partial charge in [0.2, 0.25) is 0 Å². The van der Waals surface area contributed by atoms with Gasteiger partial charge in [0.1, 0.15) is 19.0 Å². The Hall–Kier alpha value is -2.20. The summed E-state index contributed by atoms with van der Waals surface area (Å²) in [7, 11) is 1.65. The second kappa shape index (κ2) is 21.6. The third-order valence-electron chi connectivity index (χ3n) is 8.48. The van der Waals surface area contributed by atoms with Crippen molar-refractivity contribution in [1.82, 2.24) is 0 Å². The van der Waals surface area contributed by atoms with Crippen molar-refractivity contribution in [1.29, 1.82) is 0 Å². The van der Waals surface area contributed by atoms with Gasteiger partial charge in [0.25, 0.3) is 0 Å². The number of hydrogen-bond acceptors (Lipinski definition) is 9. The predicted molar refractivity (Wildman–Crippen MR) is 179 cm³/mol. The topological polar surface area (TPSA) is 119 Å². The number of thioether (sulfide) groups is 1. The molecule has 0 spiro atoms. The lowest BCUT2D eigenvalue weighted by molar-refractivity contribution is -0.162. The second-order valence-corrected chi connectivity index (χ2v) is 13.4. The van der Waals surface area contributed by atoms with E-state index in [1.54, 1.807) is 31.0 Å². The number of aliphatic hydroxyl groups is 2. The molecular formula is C36H56O8S. The summed E-state index contributed by atoms with van der Waals surface area (Å²) in [5.41, 5.74) is 1.60. The highest BCUT2D eigenvalue weighted by Gasteiger charge is 2.39. The fourth-order valence-electron chi connectivity index (χ4n) is 6.43. The van der Waals surface area contributed by atoms with Crippen molar-refractivity contribution < 1.29 is 38.8 Å². The SMILES string of the molecule is CCCC(CCC)(CCC)C(=O)OCCOC(=O)CCCSCCC1C(=O)CC(O)C1C=CC(O)Cc1cccc(COC)c1.